The zero-order valence-electron chi connectivity index (χ0n) is 10.5. The fraction of sp³-hybridized carbons (Fsp3) is 0.727. The first-order chi connectivity index (χ1) is 8.20. The highest BCUT2D eigenvalue weighted by molar-refractivity contribution is 5.78. The summed E-state index contributed by atoms with van der Waals surface area (Å²) in [6, 6.07) is 0.350. The Bertz CT molecular complexity index is 408. The summed E-state index contributed by atoms with van der Waals surface area (Å²) >= 11 is 0. The molecule has 0 aromatic carbocycles. The number of aryl methyl sites for hydroxylation is 1. The average Bonchev–Trinajstić information content (AvgIpc) is 2.88. The van der Waals surface area contributed by atoms with Gasteiger partial charge in [-0.2, -0.15) is 0 Å². The molecule has 94 valence electrons. The van der Waals surface area contributed by atoms with Gasteiger partial charge in [0.2, 0.25) is 0 Å². The Morgan fingerprint density at radius 1 is 1.59 bits per heavy atom. The lowest BCUT2D eigenvalue weighted by molar-refractivity contribution is 0.633. The van der Waals surface area contributed by atoms with Gasteiger partial charge in [-0.1, -0.05) is 6.92 Å². The number of hydrogen-bond acceptors (Lipinski definition) is 3. The molecule has 0 bridgehead atoms. The van der Waals surface area contributed by atoms with Gasteiger partial charge >= 0.3 is 0 Å². The lowest BCUT2D eigenvalue weighted by atomic mass is 10.3. The topological polar surface area (TPSA) is 81.1 Å². The fourth-order valence-electron chi connectivity index (χ4n) is 1.88. The third kappa shape index (κ3) is 2.75. The van der Waals surface area contributed by atoms with E-state index in [0.717, 1.165) is 37.5 Å². The van der Waals surface area contributed by atoms with Crippen molar-refractivity contribution in [2.45, 2.75) is 52.2 Å². The molecule has 1 aliphatic heterocycles. The Morgan fingerprint density at radius 2 is 2.41 bits per heavy atom. The van der Waals surface area contributed by atoms with E-state index in [2.05, 4.69) is 38.9 Å². The molecule has 1 aromatic rings. The van der Waals surface area contributed by atoms with Crippen LogP contribution in [0.1, 0.15) is 38.3 Å². The van der Waals surface area contributed by atoms with Crippen molar-refractivity contribution < 1.29 is 0 Å². The first-order valence-electron chi connectivity index (χ1n) is 6.18. The number of fused-ring (bicyclic) bond motifs is 1. The number of nitrogens with two attached hydrogens (primary N) is 1. The van der Waals surface area contributed by atoms with E-state index in [-0.39, 0.29) is 0 Å². The average molecular weight is 236 g/mol. The standard InChI is InChI=1S/C11H20N6/c1-3-8(2)14-11(12)13-7-10-16-15-9-5-4-6-17(9)10/h8H,3-7H2,1-2H3,(H3,12,13,14). The smallest absolute Gasteiger partial charge is 0.189 e. The van der Waals surface area contributed by atoms with Crippen LogP contribution in [0.5, 0.6) is 0 Å². The summed E-state index contributed by atoms with van der Waals surface area (Å²) in [6.45, 7) is 5.70. The molecule has 1 aromatic heterocycles. The molecule has 1 aliphatic rings. The summed E-state index contributed by atoms with van der Waals surface area (Å²) in [5, 5.41) is 11.4. The second kappa shape index (κ2) is 5.16. The number of nitrogens with one attached hydrogen (secondary N) is 1. The van der Waals surface area contributed by atoms with Crippen LogP contribution >= 0.6 is 0 Å². The van der Waals surface area contributed by atoms with Crippen LogP contribution in [0, 0.1) is 0 Å². The Kier molecular flexibility index (Phi) is 3.61. The summed E-state index contributed by atoms with van der Waals surface area (Å²) in [5.41, 5.74) is 5.79. The van der Waals surface area contributed by atoms with Crippen molar-refractivity contribution in [1.29, 1.82) is 0 Å². The molecule has 1 unspecified atom stereocenters. The zero-order chi connectivity index (χ0) is 12.3. The minimum atomic E-state index is 0.350. The van der Waals surface area contributed by atoms with Gasteiger partial charge in [0.05, 0.1) is 0 Å². The monoisotopic (exact) mass is 236 g/mol. The molecular weight excluding hydrogens is 216 g/mol. The normalized spacial score (nSPS) is 16.9. The molecule has 6 nitrogen and oxygen atoms in total. The van der Waals surface area contributed by atoms with Crippen molar-refractivity contribution in [3.05, 3.63) is 11.6 Å². The van der Waals surface area contributed by atoms with E-state index >= 15 is 0 Å². The molecule has 0 amide bonds. The zero-order valence-corrected chi connectivity index (χ0v) is 10.5. The first kappa shape index (κ1) is 11.9. The van der Waals surface area contributed by atoms with Crippen LogP contribution in [-0.2, 0) is 19.5 Å². The predicted molar refractivity (Wildman–Crippen MR) is 66.6 cm³/mol. The number of aromatic nitrogens is 3. The summed E-state index contributed by atoms with van der Waals surface area (Å²) in [5.74, 6) is 2.46. The molecule has 2 heterocycles. The number of rotatable bonds is 4. The van der Waals surface area contributed by atoms with Crippen LogP contribution in [0.2, 0.25) is 0 Å². The molecule has 6 heteroatoms. The highest BCUT2D eigenvalue weighted by Gasteiger charge is 2.16. The van der Waals surface area contributed by atoms with Crippen LogP contribution in [0.4, 0.5) is 0 Å². The van der Waals surface area contributed by atoms with Crippen molar-refractivity contribution in [3.8, 4) is 0 Å². The van der Waals surface area contributed by atoms with Crippen LogP contribution in [0.25, 0.3) is 0 Å². The minimum absolute atomic E-state index is 0.350. The second-order valence-corrected chi connectivity index (χ2v) is 4.44. The molecule has 0 aliphatic carbocycles. The second-order valence-electron chi connectivity index (χ2n) is 4.44. The van der Waals surface area contributed by atoms with E-state index in [1.165, 1.54) is 0 Å². The Hall–Kier alpha value is -1.59. The van der Waals surface area contributed by atoms with Gasteiger partial charge in [-0.3, -0.25) is 0 Å². The van der Waals surface area contributed by atoms with E-state index in [9.17, 15) is 0 Å². The van der Waals surface area contributed by atoms with Crippen molar-refractivity contribution in [2.24, 2.45) is 10.7 Å². The van der Waals surface area contributed by atoms with Gasteiger partial charge in [-0.05, 0) is 19.8 Å². The molecule has 2 rings (SSSR count). The Balaban J connectivity index is 1.94. The van der Waals surface area contributed by atoms with Gasteiger partial charge in [0.25, 0.3) is 0 Å². The van der Waals surface area contributed by atoms with Gasteiger partial charge in [0.15, 0.2) is 11.8 Å². The summed E-state index contributed by atoms with van der Waals surface area (Å²) in [4.78, 5) is 4.29. The molecule has 0 saturated heterocycles. The molecular formula is C11H20N6. The SMILES string of the molecule is CCC(C)NC(N)=NCc1nnc2n1CCC2. The predicted octanol–water partition coefficient (Wildman–Crippen LogP) is 0.427. The third-order valence-corrected chi connectivity index (χ3v) is 3.08. The summed E-state index contributed by atoms with van der Waals surface area (Å²) in [6.07, 6.45) is 3.20. The molecule has 17 heavy (non-hydrogen) atoms. The molecule has 1 atom stereocenters. The maximum Gasteiger partial charge on any atom is 0.189 e. The van der Waals surface area contributed by atoms with E-state index < -0.39 is 0 Å². The maximum atomic E-state index is 5.79. The summed E-state index contributed by atoms with van der Waals surface area (Å²) in [7, 11) is 0. The number of hydrogen-bond donors (Lipinski definition) is 2. The van der Waals surface area contributed by atoms with E-state index in [1.807, 2.05) is 0 Å². The Morgan fingerprint density at radius 3 is 3.18 bits per heavy atom. The molecule has 3 N–H and O–H groups in total. The van der Waals surface area contributed by atoms with Crippen molar-refractivity contribution in [3.63, 3.8) is 0 Å². The largest absolute Gasteiger partial charge is 0.370 e. The molecule has 0 spiro atoms. The van der Waals surface area contributed by atoms with Gasteiger partial charge in [-0.25, -0.2) is 4.99 Å². The van der Waals surface area contributed by atoms with Crippen LogP contribution in [-0.4, -0.2) is 26.8 Å². The van der Waals surface area contributed by atoms with Crippen LogP contribution in [0.3, 0.4) is 0 Å². The minimum Gasteiger partial charge on any atom is -0.370 e. The molecule has 0 fully saturated rings. The molecule has 0 radical (unpaired) electrons. The third-order valence-electron chi connectivity index (χ3n) is 3.08. The van der Waals surface area contributed by atoms with E-state index in [0.29, 0.717) is 18.5 Å². The summed E-state index contributed by atoms with van der Waals surface area (Å²) < 4.78 is 2.14. The number of aliphatic imine (C=N–C) groups is 1. The number of guanidine groups is 1. The van der Waals surface area contributed by atoms with Crippen molar-refractivity contribution >= 4 is 5.96 Å². The van der Waals surface area contributed by atoms with Crippen LogP contribution in [0.15, 0.2) is 4.99 Å². The van der Waals surface area contributed by atoms with Crippen LogP contribution < -0.4 is 11.1 Å². The lowest BCUT2D eigenvalue weighted by Crippen LogP contribution is -2.38. The Labute approximate surface area is 101 Å². The van der Waals surface area contributed by atoms with Crippen molar-refractivity contribution in [1.82, 2.24) is 20.1 Å². The quantitative estimate of drug-likeness (QED) is 0.586. The van der Waals surface area contributed by atoms with Crippen molar-refractivity contribution in [2.75, 3.05) is 0 Å². The molecule has 0 saturated carbocycles. The first-order valence-corrected chi connectivity index (χ1v) is 6.18. The highest BCUT2D eigenvalue weighted by atomic mass is 15.3. The number of nitrogens with zero attached hydrogens (tertiary/aromatic N) is 4. The van der Waals surface area contributed by atoms with Gasteiger partial charge in [0, 0.05) is 19.0 Å². The lowest BCUT2D eigenvalue weighted by Gasteiger charge is -2.11. The fourth-order valence-corrected chi connectivity index (χ4v) is 1.88. The maximum absolute atomic E-state index is 5.79. The van der Waals surface area contributed by atoms with E-state index in [1.54, 1.807) is 0 Å². The van der Waals surface area contributed by atoms with Gasteiger partial charge in [-0.15, -0.1) is 10.2 Å². The van der Waals surface area contributed by atoms with E-state index in [4.69, 9.17) is 5.73 Å². The van der Waals surface area contributed by atoms with Gasteiger partial charge < -0.3 is 15.6 Å². The van der Waals surface area contributed by atoms with Gasteiger partial charge in [0.1, 0.15) is 12.4 Å². The highest BCUT2D eigenvalue weighted by Crippen LogP contribution is 2.14.